The van der Waals surface area contributed by atoms with Gasteiger partial charge in [0.1, 0.15) is 34.5 Å². The molecule has 3 rings (SSSR count). The van der Waals surface area contributed by atoms with Crippen LogP contribution in [0.1, 0.15) is 27.4 Å². The Bertz CT molecular complexity index is 853. The summed E-state index contributed by atoms with van der Waals surface area (Å²) >= 11 is 0. The highest BCUT2D eigenvalue weighted by Crippen LogP contribution is 2.48. The van der Waals surface area contributed by atoms with Crippen LogP contribution >= 0.6 is 0 Å². The van der Waals surface area contributed by atoms with Gasteiger partial charge in [0.15, 0.2) is 0 Å². The van der Waals surface area contributed by atoms with Gasteiger partial charge in [0.05, 0.1) is 27.4 Å². The van der Waals surface area contributed by atoms with Crippen molar-refractivity contribution in [3.05, 3.63) is 47.0 Å². The molecule has 0 aliphatic carbocycles. The van der Waals surface area contributed by atoms with Crippen LogP contribution in [0.15, 0.2) is 30.3 Å². The van der Waals surface area contributed by atoms with Crippen LogP contribution in [-0.4, -0.2) is 27.3 Å². The SMILES string of the molecule is COC(=O)c1c(OC)ccc2c1C(C#N)c1cc(OC)ccc1O2. The summed E-state index contributed by atoms with van der Waals surface area (Å²) in [5.74, 6) is 0.623. The predicted octanol–water partition coefficient (Wildman–Crippen LogP) is 3.25. The van der Waals surface area contributed by atoms with Crippen LogP contribution in [0, 0.1) is 11.3 Å². The number of benzene rings is 2. The molecule has 1 unspecified atom stereocenters. The molecule has 0 saturated carbocycles. The van der Waals surface area contributed by atoms with Gasteiger partial charge in [-0.1, -0.05) is 0 Å². The van der Waals surface area contributed by atoms with Gasteiger partial charge in [0.25, 0.3) is 0 Å². The molecule has 1 atom stereocenters. The summed E-state index contributed by atoms with van der Waals surface area (Å²) in [7, 11) is 4.28. The number of carbonyl (C=O) groups excluding carboxylic acids is 1. The number of ether oxygens (including phenoxy) is 4. The number of hydrogen-bond acceptors (Lipinski definition) is 6. The van der Waals surface area contributed by atoms with Crippen molar-refractivity contribution in [3.63, 3.8) is 0 Å². The first-order valence-electron chi connectivity index (χ1n) is 7.19. The number of nitrogens with zero attached hydrogens (tertiary/aromatic N) is 1. The predicted molar refractivity (Wildman–Crippen MR) is 84.9 cm³/mol. The van der Waals surface area contributed by atoms with Crippen molar-refractivity contribution in [2.75, 3.05) is 21.3 Å². The Hall–Kier alpha value is -3.20. The monoisotopic (exact) mass is 325 g/mol. The summed E-state index contributed by atoms with van der Waals surface area (Å²) in [5, 5.41) is 9.75. The van der Waals surface area contributed by atoms with E-state index in [1.807, 2.05) is 0 Å². The van der Waals surface area contributed by atoms with Gasteiger partial charge in [-0.2, -0.15) is 5.26 Å². The topological polar surface area (TPSA) is 77.8 Å². The van der Waals surface area contributed by atoms with Gasteiger partial charge < -0.3 is 18.9 Å². The van der Waals surface area contributed by atoms with E-state index in [4.69, 9.17) is 18.9 Å². The van der Waals surface area contributed by atoms with Crippen molar-refractivity contribution >= 4 is 5.97 Å². The molecule has 6 heteroatoms. The Morgan fingerprint density at radius 3 is 2.50 bits per heavy atom. The Morgan fingerprint density at radius 2 is 1.88 bits per heavy atom. The van der Waals surface area contributed by atoms with E-state index >= 15 is 0 Å². The fourth-order valence-corrected chi connectivity index (χ4v) is 2.82. The first-order valence-corrected chi connectivity index (χ1v) is 7.19. The molecule has 0 spiro atoms. The quantitative estimate of drug-likeness (QED) is 0.806. The van der Waals surface area contributed by atoms with Gasteiger partial charge in [-0.05, 0) is 30.3 Å². The molecule has 2 aromatic carbocycles. The molecule has 24 heavy (non-hydrogen) atoms. The van der Waals surface area contributed by atoms with Crippen molar-refractivity contribution in [1.29, 1.82) is 5.26 Å². The van der Waals surface area contributed by atoms with Gasteiger partial charge in [0, 0.05) is 11.1 Å². The smallest absolute Gasteiger partial charge is 0.342 e. The highest BCUT2D eigenvalue weighted by molar-refractivity contribution is 5.96. The molecule has 0 saturated heterocycles. The van der Waals surface area contributed by atoms with E-state index in [1.54, 1.807) is 37.4 Å². The highest BCUT2D eigenvalue weighted by atomic mass is 16.5. The summed E-state index contributed by atoms with van der Waals surface area (Å²) in [5.41, 5.74) is 1.25. The minimum absolute atomic E-state index is 0.192. The number of esters is 1. The zero-order valence-electron chi connectivity index (χ0n) is 13.5. The summed E-state index contributed by atoms with van der Waals surface area (Å²) in [6, 6.07) is 10.8. The molecule has 0 amide bonds. The largest absolute Gasteiger partial charge is 0.497 e. The van der Waals surface area contributed by atoms with E-state index in [0.29, 0.717) is 34.1 Å². The molecule has 0 aromatic heterocycles. The van der Waals surface area contributed by atoms with E-state index in [2.05, 4.69) is 6.07 Å². The van der Waals surface area contributed by atoms with Crippen molar-refractivity contribution < 1.29 is 23.7 Å². The minimum atomic E-state index is -0.706. The van der Waals surface area contributed by atoms with Crippen LogP contribution in [0.25, 0.3) is 0 Å². The first-order chi connectivity index (χ1) is 11.6. The summed E-state index contributed by atoms with van der Waals surface area (Å²) in [6.45, 7) is 0. The highest BCUT2D eigenvalue weighted by Gasteiger charge is 2.34. The fraction of sp³-hybridized carbons (Fsp3) is 0.222. The second-order valence-electron chi connectivity index (χ2n) is 5.11. The second-order valence-corrected chi connectivity index (χ2v) is 5.11. The zero-order chi connectivity index (χ0) is 17.3. The Morgan fingerprint density at radius 1 is 1.12 bits per heavy atom. The molecule has 6 nitrogen and oxygen atoms in total. The van der Waals surface area contributed by atoms with Crippen LogP contribution in [0.2, 0.25) is 0 Å². The van der Waals surface area contributed by atoms with Crippen LogP contribution < -0.4 is 14.2 Å². The molecule has 0 fully saturated rings. The number of carbonyl (C=O) groups is 1. The summed E-state index contributed by atoms with van der Waals surface area (Å²) in [4.78, 5) is 12.3. The maximum atomic E-state index is 12.3. The minimum Gasteiger partial charge on any atom is -0.497 e. The third-order valence-corrected chi connectivity index (χ3v) is 3.94. The van der Waals surface area contributed by atoms with Gasteiger partial charge in [-0.3, -0.25) is 0 Å². The standard InChI is InChI=1S/C18H15NO5/c1-21-10-4-5-13-11(8-10)12(9-19)16-15(24-13)7-6-14(22-2)17(16)18(20)23-3/h4-8,12H,1-3H3. The van der Waals surface area contributed by atoms with Crippen molar-refractivity contribution in [1.82, 2.24) is 0 Å². The first kappa shape index (κ1) is 15.7. The van der Waals surface area contributed by atoms with Gasteiger partial charge in [0.2, 0.25) is 0 Å². The Labute approximate surface area is 139 Å². The van der Waals surface area contributed by atoms with Crippen LogP contribution in [0.5, 0.6) is 23.0 Å². The number of rotatable bonds is 3. The van der Waals surface area contributed by atoms with Crippen LogP contribution in [0.4, 0.5) is 0 Å². The molecule has 0 N–H and O–H groups in total. The Balaban J connectivity index is 2.27. The van der Waals surface area contributed by atoms with Crippen LogP contribution in [0.3, 0.4) is 0 Å². The second kappa shape index (κ2) is 6.13. The molecule has 1 aliphatic rings. The van der Waals surface area contributed by atoms with Gasteiger partial charge in [-0.25, -0.2) is 4.79 Å². The number of fused-ring (bicyclic) bond motifs is 2. The van der Waals surface area contributed by atoms with E-state index < -0.39 is 11.9 Å². The van der Waals surface area contributed by atoms with Crippen molar-refractivity contribution in [3.8, 4) is 29.1 Å². The average Bonchev–Trinajstić information content (AvgIpc) is 2.63. The van der Waals surface area contributed by atoms with Gasteiger partial charge in [-0.15, -0.1) is 0 Å². The summed E-state index contributed by atoms with van der Waals surface area (Å²) < 4.78 is 21.2. The van der Waals surface area contributed by atoms with E-state index in [1.165, 1.54) is 14.2 Å². The number of methoxy groups -OCH3 is 3. The molecule has 0 bridgehead atoms. The molecule has 1 aliphatic heterocycles. The maximum Gasteiger partial charge on any atom is 0.342 e. The molecule has 122 valence electrons. The van der Waals surface area contributed by atoms with E-state index in [0.717, 1.165) is 0 Å². The summed E-state index contributed by atoms with van der Waals surface area (Å²) in [6.07, 6.45) is 0. The third kappa shape index (κ3) is 2.31. The lowest BCUT2D eigenvalue weighted by Crippen LogP contribution is -2.16. The Kier molecular flexibility index (Phi) is 4.00. The molecular weight excluding hydrogens is 310 g/mol. The number of nitriles is 1. The lowest BCUT2D eigenvalue weighted by molar-refractivity contribution is 0.0595. The normalized spacial score (nSPS) is 14.5. The third-order valence-electron chi connectivity index (χ3n) is 3.94. The zero-order valence-corrected chi connectivity index (χ0v) is 13.5. The number of hydrogen-bond donors (Lipinski definition) is 0. The lowest BCUT2D eigenvalue weighted by Gasteiger charge is -2.27. The molecular formula is C18H15NO5. The van der Waals surface area contributed by atoms with Crippen molar-refractivity contribution in [2.24, 2.45) is 0 Å². The maximum absolute atomic E-state index is 12.3. The molecule has 2 aromatic rings. The van der Waals surface area contributed by atoms with E-state index in [9.17, 15) is 10.1 Å². The lowest BCUT2D eigenvalue weighted by atomic mass is 9.85. The molecule has 1 heterocycles. The van der Waals surface area contributed by atoms with Crippen molar-refractivity contribution in [2.45, 2.75) is 5.92 Å². The van der Waals surface area contributed by atoms with Crippen LogP contribution in [-0.2, 0) is 4.74 Å². The van der Waals surface area contributed by atoms with E-state index in [-0.39, 0.29) is 5.56 Å². The average molecular weight is 325 g/mol. The fourth-order valence-electron chi connectivity index (χ4n) is 2.82. The van der Waals surface area contributed by atoms with Gasteiger partial charge >= 0.3 is 5.97 Å². The molecule has 0 radical (unpaired) electrons.